The molecule has 0 amide bonds. The summed E-state index contributed by atoms with van der Waals surface area (Å²) < 4.78 is 51.5. The lowest BCUT2D eigenvalue weighted by atomic mass is 10.2. The average Bonchev–Trinajstić information content (AvgIpc) is 3.00. The molecule has 8 heteroatoms. The molecular weight excluding hydrogens is 323 g/mol. The molecule has 1 heterocycles. The summed E-state index contributed by atoms with van der Waals surface area (Å²) in [4.78, 5) is 1.78. The second kappa shape index (κ2) is 7.46. The summed E-state index contributed by atoms with van der Waals surface area (Å²) >= 11 is 0. The number of nitrogens with one attached hydrogen (secondary N) is 1. The first-order chi connectivity index (χ1) is 10.9. The highest BCUT2D eigenvalue weighted by Crippen LogP contribution is 2.31. The highest BCUT2D eigenvalue weighted by Gasteiger charge is 2.27. The van der Waals surface area contributed by atoms with E-state index in [2.05, 4.69) is 9.62 Å². The summed E-state index contributed by atoms with van der Waals surface area (Å²) in [5, 5.41) is 0. The predicted molar refractivity (Wildman–Crippen MR) is 85.0 cm³/mol. The van der Waals surface area contributed by atoms with Gasteiger partial charge in [0.25, 0.3) is 0 Å². The van der Waals surface area contributed by atoms with Crippen molar-refractivity contribution >= 4 is 10.0 Å². The summed E-state index contributed by atoms with van der Waals surface area (Å²) in [5.41, 5.74) is 0. The minimum atomic E-state index is -3.95. The number of benzene rings is 1. The topological polar surface area (TPSA) is 67.9 Å². The smallest absolute Gasteiger partial charge is 0.243 e. The molecule has 0 saturated carbocycles. The molecule has 6 nitrogen and oxygen atoms in total. The molecule has 1 aliphatic rings. The van der Waals surface area contributed by atoms with Crippen LogP contribution in [0.2, 0.25) is 0 Å². The summed E-state index contributed by atoms with van der Waals surface area (Å²) in [5.74, 6) is -0.545. The maximum absolute atomic E-state index is 14.1. The second-order valence-corrected chi connectivity index (χ2v) is 7.15. The van der Waals surface area contributed by atoms with Crippen molar-refractivity contribution in [3.05, 3.63) is 17.9 Å². The minimum absolute atomic E-state index is 0.150. The summed E-state index contributed by atoms with van der Waals surface area (Å²) in [6, 6.07) is 2.31. The van der Waals surface area contributed by atoms with Gasteiger partial charge in [0.1, 0.15) is 10.7 Å². The SMILES string of the molecule is CCN1CCCC1CNS(=O)(=O)c1cc(OC)c(OC)cc1F. The van der Waals surface area contributed by atoms with E-state index in [4.69, 9.17) is 9.47 Å². The number of rotatable bonds is 7. The number of methoxy groups -OCH3 is 2. The third-order valence-electron chi connectivity index (χ3n) is 4.14. The van der Waals surface area contributed by atoms with E-state index in [-0.39, 0.29) is 24.1 Å². The molecule has 1 saturated heterocycles. The van der Waals surface area contributed by atoms with Crippen LogP contribution in [-0.2, 0) is 10.0 Å². The highest BCUT2D eigenvalue weighted by atomic mass is 32.2. The van der Waals surface area contributed by atoms with E-state index >= 15 is 0 Å². The van der Waals surface area contributed by atoms with Crippen LogP contribution in [0.3, 0.4) is 0 Å². The Morgan fingerprint density at radius 2 is 1.96 bits per heavy atom. The first-order valence-electron chi connectivity index (χ1n) is 7.58. The number of hydrogen-bond acceptors (Lipinski definition) is 5. The van der Waals surface area contributed by atoms with E-state index in [9.17, 15) is 12.8 Å². The van der Waals surface area contributed by atoms with E-state index in [0.29, 0.717) is 0 Å². The first kappa shape index (κ1) is 18.0. The molecule has 1 aromatic rings. The summed E-state index contributed by atoms with van der Waals surface area (Å²) in [6.45, 7) is 4.15. The van der Waals surface area contributed by atoms with Crippen LogP contribution in [0, 0.1) is 5.82 Å². The van der Waals surface area contributed by atoms with Gasteiger partial charge in [-0.15, -0.1) is 0 Å². The van der Waals surface area contributed by atoms with Gasteiger partial charge in [0, 0.05) is 24.7 Å². The molecular formula is C15H23FN2O4S. The number of likely N-dealkylation sites (tertiary alicyclic amines) is 1. The van der Waals surface area contributed by atoms with Crippen LogP contribution < -0.4 is 14.2 Å². The predicted octanol–water partition coefficient (Wildman–Crippen LogP) is 1.61. The Morgan fingerprint density at radius 3 is 2.57 bits per heavy atom. The van der Waals surface area contributed by atoms with Gasteiger partial charge in [0.05, 0.1) is 14.2 Å². The molecule has 0 spiro atoms. The van der Waals surface area contributed by atoms with Gasteiger partial charge < -0.3 is 9.47 Å². The molecule has 1 fully saturated rings. The first-order valence-corrected chi connectivity index (χ1v) is 9.06. The number of ether oxygens (including phenoxy) is 2. The van der Waals surface area contributed by atoms with Crippen molar-refractivity contribution in [3.8, 4) is 11.5 Å². The fraction of sp³-hybridized carbons (Fsp3) is 0.600. The maximum Gasteiger partial charge on any atom is 0.243 e. The molecule has 0 aromatic heterocycles. The van der Waals surface area contributed by atoms with Gasteiger partial charge in [-0.05, 0) is 25.9 Å². The van der Waals surface area contributed by atoms with E-state index in [0.717, 1.165) is 38.1 Å². The number of halogens is 1. The van der Waals surface area contributed by atoms with Crippen molar-refractivity contribution in [3.63, 3.8) is 0 Å². The molecule has 0 radical (unpaired) electrons. The quantitative estimate of drug-likeness (QED) is 0.812. The standard InChI is InChI=1S/C15H23FN2O4S/c1-4-18-7-5-6-11(18)10-17-23(19,20)15-9-14(22-3)13(21-2)8-12(15)16/h8-9,11,17H,4-7,10H2,1-3H3. The van der Waals surface area contributed by atoms with Crippen LogP contribution in [0.25, 0.3) is 0 Å². The van der Waals surface area contributed by atoms with E-state index in [1.165, 1.54) is 14.2 Å². The zero-order valence-corrected chi connectivity index (χ0v) is 14.5. The number of likely N-dealkylation sites (N-methyl/N-ethyl adjacent to an activating group) is 1. The largest absolute Gasteiger partial charge is 0.493 e. The lowest BCUT2D eigenvalue weighted by Gasteiger charge is -2.23. The van der Waals surface area contributed by atoms with Crippen LogP contribution in [0.4, 0.5) is 4.39 Å². The molecule has 1 atom stereocenters. The molecule has 23 heavy (non-hydrogen) atoms. The summed E-state index contributed by atoms with van der Waals surface area (Å²) in [7, 11) is -1.22. The zero-order valence-electron chi connectivity index (χ0n) is 13.6. The Kier molecular flexibility index (Phi) is 5.83. The van der Waals surface area contributed by atoms with Gasteiger partial charge in [-0.25, -0.2) is 17.5 Å². The zero-order chi connectivity index (χ0) is 17.0. The van der Waals surface area contributed by atoms with Crippen molar-refractivity contribution in [2.45, 2.75) is 30.7 Å². The van der Waals surface area contributed by atoms with Gasteiger partial charge in [-0.3, -0.25) is 4.90 Å². The minimum Gasteiger partial charge on any atom is -0.493 e. The fourth-order valence-electron chi connectivity index (χ4n) is 2.87. The van der Waals surface area contributed by atoms with Crippen molar-refractivity contribution in [2.24, 2.45) is 0 Å². The van der Waals surface area contributed by atoms with Crippen LogP contribution in [-0.4, -0.2) is 53.2 Å². The van der Waals surface area contributed by atoms with Gasteiger partial charge >= 0.3 is 0 Å². The third kappa shape index (κ3) is 3.94. The molecule has 1 aromatic carbocycles. The molecule has 130 valence electrons. The second-order valence-electron chi connectivity index (χ2n) is 5.41. The number of sulfonamides is 1. The Morgan fingerprint density at radius 1 is 1.30 bits per heavy atom. The monoisotopic (exact) mass is 346 g/mol. The lowest BCUT2D eigenvalue weighted by Crippen LogP contribution is -2.40. The Balaban J connectivity index is 2.19. The number of nitrogens with zero attached hydrogens (tertiary/aromatic N) is 1. The number of hydrogen-bond donors (Lipinski definition) is 1. The van der Waals surface area contributed by atoms with Crippen LogP contribution in [0.15, 0.2) is 17.0 Å². The van der Waals surface area contributed by atoms with Crippen molar-refractivity contribution in [1.29, 1.82) is 0 Å². The molecule has 0 aliphatic carbocycles. The van der Waals surface area contributed by atoms with Gasteiger partial charge in [-0.1, -0.05) is 6.92 Å². The molecule has 0 bridgehead atoms. The van der Waals surface area contributed by atoms with Crippen LogP contribution in [0.1, 0.15) is 19.8 Å². The Labute approximate surface area is 136 Å². The molecule has 2 rings (SSSR count). The maximum atomic E-state index is 14.1. The highest BCUT2D eigenvalue weighted by molar-refractivity contribution is 7.89. The lowest BCUT2D eigenvalue weighted by molar-refractivity contribution is 0.268. The van der Waals surface area contributed by atoms with Crippen LogP contribution in [0.5, 0.6) is 11.5 Å². The molecule has 1 aliphatic heterocycles. The van der Waals surface area contributed by atoms with Gasteiger partial charge in [0.2, 0.25) is 10.0 Å². The average molecular weight is 346 g/mol. The van der Waals surface area contributed by atoms with E-state index in [1.807, 2.05) is 6.92 Å². The Hall–Kier alpha value is -1.38. The molecule has 1 N–H and O–H groups in total. The van der Waals surface area contributed by atoms with Crippen molar-refractivity contribution < 1.29 is 22.3 Å². The normalized spacial score (nSPS) is 19.0. The van der Waals surface area contributed by atoms with Gasteiger partial charge in [0.15, 0.2) is 11.5 Å². The Bertz CT molecular complexity index is 651. The third-order valence-corrected chi connectivity index (χ3v) is 5.58. The van der Waals surface area contributed by atoms with Crippen molar-refractivity contribution in [2.75, 3.05) is 33.9 Å². The fourth-order valence-corrected chi connectivity index (χ4v) is 4.01. The summed E-state index contributed by atoms with van der Waals surface area (Å²) in [6.07, 6.45) is 1.98. The van der Waals surface area contributed by atoms with E-state index in [1.54, 1.807) is 0 Å². The van der Waals surface area contributed by atoms with Gasteiger partial charge in [-0.2, -0.15) is 0 Å². The van der Waals surface area contributed by atoms with Crippen LogP contribution >= 0.6 is 0 Å². The molecule has 1 unspecified atom stereocenters. The van der Waals surface area contributed by atoms with E-state index < -0.39 is 20.7 Å². The van der Waals surface area contributed by atoms with Crippen molar-refractivity contribution in [1.82, 2.24) is 9.62 Å².